The molecule has 3 rings (SSSR count). The van der Waals surface area contributed by atoms with Crippen molar-refractivity contribution >= 4 is 28.7 Å². The van der Waals surface area contributed by atoms with Gasteiger partial charge in [-0.1, -0.05) is 18.2 Å². The highest BCUT2D eigenvalue weighted by atomic mass is 16.5. The molecule has 0 aliphatic carbocycles. The Morgan fingerprint density at radius 2 is 1.85 bits per heavy atom. The minimum Gasteiger partial charge on any atom is -0.456 e. The van der Waals surface area contributed by atoms with Crippen molar-refractivity contribution in [1.29, 1.82) is 0 Å². The zero-order valence-electron chi connectivity index (χ0n) is 14.3. The van der Waals surface area contributed by atoms with Crippen molar-refractivity contribution in [1.82, 2.24) is 14.5 Å². The van der Waals surface area contributed by atoms with E-state index in [0.717, 1.165) is 10.9 Å². The minimum absolute atomic E-state index is 0.137. The summed E-state index contributed by atoms with van der Waals surface area (Å²) in [4.78, 5) is 35.5. The summed E-state index contributed by atoms with van der Waals surface area (Å²) in [6.07, 6.45) is 3.74. The Kier molecular flexibility index (Phi) is 5.17. The number of amides is 2. The minimum atomic E-state index is -0.657. The molecule has 0 saturated heterocycles. The van der Waals surface area contributed by atoms with Gasteiger partial charge in [-0.2, -0.15) is 0 Å². The van der Waals surface area contributed by atoms with Gasteiger partial charge < -0.3 is 13.9 Å². The van der Waals surface area contributed by atoms with Crippen molar-refractivity contribution in [3.8, 4) is 0 Å². The Morgan fingerprint density at radius 1 is 1.04 bits per heavy atom. The molecule has 2 heterocycles. The molecule has 1 aromatic carbocycles. The van der Waals surface area contributed by atoms with Gasteiger partial charge in [0.25, 0.3) is 11.8 Å². The Bertz CT molecular complexity index is 955. The maximum atomic E-state index is 11.9. The number of hydrogen-bond donors (Lipinski definition) is 1. The first-order valence-electron chi connectivity index (χ1n) is 8.19. The number of para-hydroxylation sites is 1. The summed E-state index contributed by atoms with van der Waals surface area (Å²) in [5.41, 5.74) is 1.38. The third-order valence-corrected chi connectivity index (χ3v) is 4.03. The van der Waals surface area contributed by atoms with Gasteiger partial charge >= 0.3 is 5.97 Å². The number of nitrogens with zero attached hydrogens (tertiary/aromatic N) is 2. The van der Waals surface area contributed by atoms with Gasteiger partial charge in [-0.25, -0.2) is 0 Å². The number of fused-ring (bicyclic) bond motifs is 1. The van der Waals surface area contributed by atoms with Crippen LogP contribution in [0.2, 0.25) is 0 Å². The lowest BCUT2D eigenvalue weighted by atomic mass is 10.2. The summed E-state index contributed by atoms with van der Waals surface area (Å²) in [5.74, 6) is -1.68. The molecule has 0 unspecified atom stereocenters. The van der Waals surface area contributed by atoms with Gasteiger partial charge in [0.15, 0.2) is 6.61 Å². The molecule has 0 atom stereocenters. The molecular weight excluding hydrogens is 334 g/mol. The highest BCUT2D eigenvalue weighted by Crippen LogP contribution is 2.15. The number of imide groups is 1. The maximum Gasteiger partial charge on any atom is 0.308 e. The maximum absolute atomic E-state index is 11.9. The first-order valence-corrected chi connectivity index (χ1v) is 8.19. The summed E-state index contributed by atoms with van der Waals surface area (Å²) < 4.78 is 8.49. The fraction of sp³-hybridized carbons (Fsp3) is 0.211. The zero-order valence-corrected chi connectivity index (χ0v) is 14.3. The van der Waals surface area contributed by atoms with Gasteiger partial charge in [0.05, 0.1) is 6.42 Å². The first kappa shape index (κ1) is 17.5. The molecule has 0 saturated carbocycles. The molecule has 2 aromatic heterocycles. The Labute approximate surface area is 150 Å². The van der Waals surface area contributed by atoms with Crippen molar-refractivity contribution in [3.05, 3.63) is 60.6 Å². The van der Waals surface area contributed by atoms with E-state index in [4.69, 9.17) is 4.74 Å². The summed E-state index contributed by atoms with van der Waals surface area (Å²) in [7, 11) is 1.70. The van der Waals surface area contributed by atoms with Crippen LogP contribution in [0.15, 0.2) is 54.9 Å². The van der Waals surface area contributed by atoms with Crippen LogP contribution in [0.4, 0.5) is 0 Å². The predicted molar refractivity (Wildman–Crippen MR) is 95.4 cm³/mol. The van der Waals surface area contributed by atoms with Gasteiger partial charge in [0, 0.05) is 31.5 Å². The van der Waals surface area contributed by atoms with Crippen LogP contribution >= 0.6 is 0 Å². The largest absolute Gasteiger partial charge is 0.456 e. The van der Waals surface area contributed by atoms with Crippen LogP contribution < -0.4 is 5.32 Å². The first-order chi connectivity index (χ1) is 12.5. The van der Waals surface area contributed by atoms with Crippen molar-refractivity contribution in [3.63, 3.8) is 0 Å². The van der Waals surface area contributed by atoms with E-state index >= 15 is 0 Å². The number of benzene rings is 1. The molecule has 0 aliphatic rings. The summed E-state index contributed by atoms with van der Waals surface area (Å²) >= 11 is 0. The molecule has 0 fully saturated rings. The fourth-order valence-electron chi connectivity index (χ4n) is 2.69. The number of nitrogens with one attached hydrogen (secondary N) is 1. The number of esters is 1. The highest BCUT2D eigenvalue weighted by Gasteiger charge is 2.14. The molecule has 0 radical (unpaired) electrons. The number of ether oxygens (including phenoxy) is 1. The standard InChI is InChI=1S/C19H19N3O4/c1-21-10-4-7-16(21)19(25)20-17(23)13-26-18(24)9-12-22-11-8-14-5-2-3-6-15(14)22/h2-8,10-11H,9,12-13H2,1H3,(H,20,23,25). The Balaban J connectivity index is 1.44. The molecule has 26 heavy (non-hydrogen) atoms. The summed E-state index contributed by atoms with van der Waals surface area (Å²) in [6, 6.07) is 13.1. The molecule has 0 aliphatic heterocycles. The molecule has 0 bridgehead atoms. The van der Waals surface area contributed by atoms with Crippen molar-refractivity contribution in [2.45, 2.75) is 13.0 Å². The van der Waals surface area contributed by atoms with Crippen LogP contribution in [0.1, 0.15) is 16.9 Å². The lowest BCUT2D eigenvalue weighted by Gasteiger charge is -2.07. The quantitative estimate of drug-likeness (QED) is 0.686. The summed E-state index contributed by atoms with van der Waals surface area (Å²) in [5, 5.41) is 3.29. The van der Waals surface area contributed by atoms with Crippen molar-refractivity contribution in [2.75, 3.05) is 6.61 Å². The highest BCUT2D eigenvalue weighted by molar-refractivity contribution is 6.04. The van der Waals surface area contributed by atoms with Crippen LogP contribution in [0.3, 0.4) is 0 Å². The van der Waals surface area contributed by atoms with Gasteiger partial charge in [0.2, 0.25) is 0 Å². The topological polar surface area (TPSA) is 82.3 Å². The lowest BCUT2D eigenvalue weighted by molar-refractivity contribution is -0.148. The number of aryl methyl sites for hydroxylation is 2. The van der Waals surface area contributed by atoms with Crippen LogP contribution in [0.25, 0.3) is 10.9 Å². The third kappa shape index (κ3) is 4.00. The smallest absolute Gasteiger partial charge is 0.308 e. The number of carbonyl (C=O) groups excluding carboxylic acids is 3. The molecule has 3 aromatic rings. The average molecular weight is 353 g/mol. The van der Waals surface area contributed by atoms with Crippen molar-refractivity contribution < 1.29 is 19.1 Å². The van der Waals surface area contributed by atoms with Gasteiger partial charge in [-0.05, 0) is 29.7 Å². The van der Waals surface area contributed by atoms with E-state index in [0.29, 0.717) is 12.2 Å². The van der Waals surface area contributed by atoms with Crippen LogP contribution in [0.5, 0.6) is 0 Å². The molecule has 7 heteroatoms. The number of carbonyl (C=O) groups is 3. The molecule has 2 amide bonds. The zero-order chi connectivity index (χ0) is 18.5. The van der Waals surface area contributed by atoms with E-state index in [2.05, 4.69) is 5.32 Å². The average Bonchev–Trinajstić information content (AvgIpc) is 3.24. The molecular formula is C19H19N3O4. The predicted octanol–water partition coefficient (Wildman–Crippen LogP) is 1.87. The number of aromatic nitrogens is 2. The SMILES string of the molecule is Cn1cccc1C(=O)NC(=O)COC(=O)CCn1ccc2ccccc21. The van der Waals surface area contributed by atoms with Gasteiger partial charge in [0.1, 0.15) is 5.69 Å². The van der Waals surface area contributed by atoms with E-state index in [-0.39, 0.29) is 6.42 Å². The van der Waals surface area contributed by atoms with Gasteiger partial charge in [-0.15, -0.1) is 0 Å². The second-order valence-corrected chi connectivity index (χ2v) is 5.86. The molecule has 1 N–H and O–H groups in total. The second kappa shape index (κ2) is 7.69. The van der Waals surface area contributed by atoms with Crippen LogP contribution in [-0.2, 0) is 27.9 Å². The Hall–Kier alpha value is -3.35. The van der Waals surface area contributed by atoms with E-state index in [1.807, 2.05) is 41.1 Å². The van der Waals surface area contributed by atoms with E-state index < -0.39 is 24.4 Å². The van der Waals surface area contributed by atoms with E-state index in [1.54, 1.807) is 29.9 Å². The lowest BCUT2D eigenvalue weighted by Crippen LogP contribution is -2.35. The molecule has 7 nitrogen and oxygen atoms in total. The fourth-order valence-corrected chi connectivity index (χ4v) is 2.69. The van der Waals surface area contributed by atoms with E-state index in [9.17, 15) is 14.4 Å². The van der Waals surface area contributed by atoms with Gasteiger partial charge in [-0.3, -0.25) is 19.7 Å². The Morgan fingerprint density at radius 3 is 2.62 bits per heavy atom. The normalized spacial score (nSPS) is 10.7. The number of hydrogen-bond acceptors (Lipinski definition) is 4. The van der Waals surface area contributed by atoms with E-state index in [1.165, 1.54) is 0 Å². The second-order valence-electron chi connectivity index (χ2n) is 5.86. The van der Waals surface area contributed by atoms with Crippen LogP contribution in [0, 0.1) is 0 Å². The molecule has 0 spiro atoms. The third-order valence-electron chi connectivity index (χ3n) is 4.03. The van der Waals surface area contributed by atoms with Crippen molar-refractivity contribution in [2.24, 2.45) is 7.05 Å². The molecule has 134 valence electrons. The summed E-state index contributed by atoms with van der Waals surface area (Å²) in [6.45, 7) is -0.0301. The van der Waals surface area contributed by atoms with Crippen LogP contribution in [-0.4, -0.2) is 33.5 Å². The monoisotopic (exact) mass is 353 g/mol. The number of rotatable bonds is 6.